The summed E-state index contributed by atoms with van der Waals surface area (Å²) in [5, 5.41) is 0.613. The van der Waals surface area contributed by atoms with Crippen molar-refractivity contribution in [2.45, 2.75) is 13.8 Å². The van der Waals surface area contributed by atoms with Gasteiger partial charge in [0.25, 0.3) is 5.91 Å². The van der Waals surface area contributed by atoms with Gasteiger partial charge < -0.3 is 9.64 Å². The van der Waals surface area contributed by atoms with E-state index in [-0.39, 0.29) is 5.91 Å². The Balaban J connectivity index is 2.73. The zero-order valence-corrected chi connectivity index (χ0v) is 13.5. The van der Waals surface area contributed by atoms with Crippen LogP contribution in [-0.2, 0) is 4.74 Å². The Morgan fingerprint density at radius 2 is 2.17 bits per heavy atom. The molecule has 0 unspecified atom stereocenters. The molecule has 0 saturated heterocycles. The average Bonchev–Trinajstić information content (AvgIpc) is 2.37. The topological polar surface area (TPSA) is 29.5 Å². The molecule has 0 spiro atoms. The van der Waals surface area contributed by atoms with Crippen molar-refractivity contribution in [2.24, 2.45) is 0 Å². The maximum Gasteiger partial charge on any atom is 0.253 e. The predicted molar refractivity (Wildman–Crippen MR) is 82.2 cm³/mol. The largest absolute Gasteiger partial charge is 0.380 e. The Kier molecular flexibility index (Phi) is 6.96. The molecule has 0 N–H and O–H groups in total. The van der Waals surface area contributed by atoms with Crippen molar-refractivity contribution < 1.29 is 9.53 Å². The van der Waals surface area contributed by atoms with Crippen LogP contribution in [0.15, 0.2) is 18.2 Å². The third-order valence-corrected chi connectivity index (χ3v) is 4.12. The highest BCUT2D eigenvalue weighted by Gasteiger charge is 2.14. The molecule has 0 bridgehead atoms. The third kappa shape index (κ3) is 4.40. The van der Waals surface area contributed by atoms with Gasteiger partial charge in [0.1, 0.15) is 0 Å². The first kappa shape index (κ1) is 15.7. The molecule has 0 heterocycles. The molecule has 1 rings (SSSR count). The molecule has 0 aliphatic carbocycles. The summed E-state index contributed by atoms with van der Waals surface area (Å²) in [5.74, 6) is -0.00416. The summed E-state index contributed by atoms with van der Waals surface area (Å²) in [5.41, 5.74) is 0.624. The number of carbonyl (C=O) groups excluding carboxylic acids is 1. The summed E-state index contributed by atoms with van der Waals surface area (Å²) < 4.78 is 6.22. The Bertz CT molecular complexity index is 412. The normalized spacial score (nSPS) is 10.4. The molecule has 100 valence electrons. The van der Waals surface area contributed by atoms with E-state index in [1.54, 1.807) is 17.0 Å². The van der Waals surface area contributed by atoms with E-state index in [2.05, 4.69) is 22.6 Å². The van der Waals surface area contributed by atoms with Crippen LogP contribution in [0.2, 0.25) is 5.02 Å². The minimum Gasteiger partial charge on any atom is -0.380 e. The van der Waals surface area contributed by atoms with E-state index in [1.165, 1.54) is 0 Å². The molecule has 5 heteroatoms. The number of amides is 1. The van der Waals surface area contributed by atoms with Gasteiger partial charge in [0.15, 0.2) is 0 Å². The van der Waals surface area contributed by atoms with Crippen molar-refractivity contribution in [2.75, 3.05) is 26.3 Å². The van der Waals surface area contributed by atoms with Crippen molar-refractivity contribution in [1.29, 1.82) is 0 Å². The molecule has 0 aromatic heterocycles. The quantitative estimate of drug-likeness (QED) is 0.558. The number of nitrogens with zero attached hydrogens (tertiary/aromatic N) is 1. The Morgan fingerprint density at radius 1 is 1.44 bits per heavy atom. The van der Waals surface area contributed by atoms with Crippen LogP contribution < -0.4 is 0 Å². The van der Waals surface area contributed by atoms with Gasteiger partial charge in [-0.3, -0.25) is 4.79 Å². The van der Waals surface area contributed by atoms with Crippen LogP contribution in [-0.4, -0.2) is 37.1 Å². The van der Waals surface area contributed by atoms with Gasteiger partial charge in [-0.15, -0.1) is 0 Å². The maximum atomic E-state index is 12.2. The van der Waals surface area contributed by atoms with Crippen molar-refractivity contribution in [1.82, 2.24) is 4.90 Å². The Labute approximate surface area is 127 Å². The molecule has 0 aliphatic rings. The van der Waals surface area contributed by atoms with Crippen molar-refractivity contribution in [3.63, 3.8) is 0 Å². The fourth-order valence-electron chi connectivity index (χ4n) is 1.53. The van der Waals surface area contributed by atoms with Crippen LogP contribution in [0.5, 0.6) is 0 Å². The van der Waals surface area contributed by atoms with Gasteiger partial charge in [0.2, 0.25) is 0 Å². The molecule has 1 amide bonds. The lowest BCUT2D eigenvalue weighted by molar-refractivity contribution is 0.0669. The van der Waals surface area contributed by atoms with Gasteiger partial charge in [-0.1, -0.05) is 11.6 Å². The first-order chi connectivity index (χ1) is 8.60. The number of carbonyl (C=O) groups is 1. The number of rotatable bonds is 6. The highest BCUT2D eigenvalue weighted by Crippen LogP contribution is 2.20. The van der Waals surface area contributed by atoms with E-state index in [4.69, 9.17) is 16.3 Å². The molecular weight excluding hydrogens is 365 g/mol. The second kappa shape index (κ2) is 7.96. The highest BCUT2D eigenvalue weighted by molar-refractivity contribution is 14.1. The summed E-state index contributed by atoms with van der Waals surface area (Å²) in [6, 6.07) is 5.38. The van der Waals surface area contributed by atoms with Gasteiger partial charge in [-0.2, -0.15) is 0 Å². The smallest absolute Gasteiger partial charge is 0.253 e. The third-order valence-electron chi connectivity index (χ3n) is 2.55. The van der Waals surface area contributed by atoms with Gasteiger partial charge in [0.05, 0.1) is 11.6 Å². The maximum absolute atomic E-state index is 12.2. The van der Waals surface area contributed by atoms with Crippen LogP contribution in [0.4, 0.5) is 0 Å². The Morgan fingerprint density at radius 3 is 2.72 bits per heavy atom. The molecular formula is C13H17ClINO2. The fraction of sp³-hybridized carbons (Fsp3) is 0.462. The molecule has 1 aromatic rings. The van der Waals surface area contributed by atoms with Crippen LogP contribution in [0.3, 0.4) is 0 Å². The van der Waals surface area contributed by atoms with Crippen LogP contribution in [0.1, 0.15) is 24.2 Å². The van der Waals surface area contributed by atoms with E-state index in [9.17, 15) is 4.79 Å². The fourth-order valence-corrected chi connectivity index (χ4v) is 2.05. The molecule has 0 aliphatic heterocycles. The van der Waals surface area contributed by atoms with Gasteiger partial charge >= 0.3 is 0 Å². The minimum absolute atomic E-state index is 0.00416. The molecule has 3 nitrogen and oxygen atoms in total. The first-order valence-corrected chi connectivity index (χ1v) is 7.37. The molecule has 18 heavy (non-hydrogen) atoms. The van der Waals surface area contributed by atoms with E-state index in [0.717, 1.165) is 3.57 Å². The van der Waals surface area contributed by atoms with Gasteiger partial charge in [-0.05, 0) is 54.6 Å². The van der Waals surface area contributed by atoms with Gasteiger partial charge in [-0.25, -0.2) is 0 Å². The summed E-state index contributed by atoms with van der Waals surface area (Å²) in [6.07, 6.45) is 0. The number of hydrogen-bond donors (Lipinski definition) is 0. The SMILES string of the molecule is CCOCCN(CC)C(=O)c1ccc(I)c(Cl)c1. The molecule has 0 atom stereocenters. The molecule has 0 radical (unpaired) electrons. The number of ether oxygens (including phenoxy) is 1. The Hall–Kier alpha value is -0.330. The molecule has 0 saturated carbocycles. The average molecular weight is 382 g/mol. The molecule has 0 fully saturated rings. The number of hydrogen-bond acceptors (Lipinski definition) is 2. The second-order valence-corrected chi connectivity index (χ2v) is 5.28. The van der Waals surface area contributed by atoms with E-state index in [0.29, 0.717) is 36.9 Å². The summed E-state index contributed by atoms with van der Waals surface area (Å²) in [4.78, 5) is 14.0. The van der Waals surface area contributed by atoms with Crippen molar-refractivity contribution in [3.05, 3.63) is 32.4 Å². The standard InChI is InChI=1S/C13H17ClINO2/c1-3-16(7-8-18-4-2)13(17)10-5-6-12(15)11(14)9-10/h5-6,9H,3-4,7-8H2,1-2H3. The van der Waals surface area contributed by atoms with Crippen LogP contribution in [0, 0.1) is 3.57 Å². The minimum atomic E-state index is -0.00416. The van der Waals surface area contributed by atoms with Crippen LogP contribution in [0.25, 0.3) is 0 Å². The summed E-state index contributed by atoms with van der Waals surface area (Å²) >= 11 is 8.17. The van der Waals surface area contributed by atoms with E-state index < -0.39 is 0 Å². The summed E-state index contributed by atoms with van der Waals surface area (Å²) in [7, 11) is 0. The lowest BCUT2D eigenvalue weighted by Crippen LogP contribution is -2.33. The molecule has 1 aromatic carbocycles. The lowest BCUT2D eigenvalue weighted by Gasteiger charge is -2.21. The van der Waals surface area contributed by atoms with Crippen LogP contribution >= 0.6 is 34.2 Å². The number of halogens is 2. The van der Waals surface area contributed by atoms with E-state index >= 15 is 0 Å². The zero-order chi connectivity index (χ0) is 13.5. The zero-order valence-electron chi connectivity index (χ0n) is 10.6. The number of benzene rings is 1. The van der Waals surface area contributed by atoms with E-state index in [1.807, 2.05) is 19.9 Å². The number of likely N-dealkylation sites (N-methyl/N-ethyl adjacent to an activating group) is 1. The predicted octanol–water partition coefficient (Wildman–Crippen LogP) is 3.44. The first-order valence-electron chi connectivity index (χ1n) is 5.92. The monoisotopic (exact) mass is 381 g/mol. The van der Waals surface area contributed by atoms with Crippen molar-refractivity contribution >= 4 is 40.1 Å². The van der Waals surface area contributed by atoms with Crippen molar-refractivity contribution in [3.8, 4) is 0 Å². The lowest BCUT2D eigenvalue weighted by atomic mass is 10.2. The highest BCUT2D eigenvalue weighted by atomic mass is 127. The second-order valence-electron chi connectivity index (χ2n) is 3.71. The summed E-state index contributed by atoms with van der Waals surface area (Å²) in [6.45, 7) is 6.40. The van der Waals surface area contributed by atoms with Gasteiger partial charge in [0, 0.05) is 28.8 Å².